The number of carbonyl (C=O) groups excluding carboxylic acids is 1. The van der Waals surface area contributed by atoms with Crippen molar-refractivity contribution < 1.29 is 32.2 Å². The largest absolute Gasteiger partial charge is 0.497 e. The number of amides is 1. The average molecular weight is 478 g/mol. The highest BCUT2D eigenvalue weighted by molar-refractivity contribution is 5.88. The fourth-order valence-electron chi connectivity index (χ4n) is 5.05. The van der Waals surface area contributed by atoms with Gasteiger partial charge in [-0.1, -0.05) is 30.3 Å². The van der Waals surface area contributed by atoms with Crippen LogP contribution < -0.4 is 10.1 Å². The lowest BCUT2D eigenvalue weighted by molar-refractivity contribution is -0.138. The van der Waals surface area contributed by atoms with E-state index in [0.717, 1.165) is 36.3 Å². The molecule has 0 bridgehead atoms. The second kappa shape index (κ2) is 9.96. The van der Waals surface area contributed by atoms with Crippen LogP contribution >= 0.6 is 0 Å². The summed E-state index contributed by atoms with van der Waals surface area (Å²) in [6.07, 6.45) is -2.34. The Morgan fingerprint density at radius 1 is 0.941 bits per heavy atom. The van der Waals surface area contributed by atoms with E-state index in [0.29, 0.717) is 51.4 Å². The van der Waals surface area contributed by atoms with Crippen LogP contribution in [0.25, 0.3) is 0 Å². The quantitative estimate of drug-likeness (QED) is 0.660. The minimum absolute atomic E-state index is 0.255. The molecule has 2 aromatic carbocycles. The van der Waals surface area contributed by atoms with Crippen LogP contribution in [0.3, 0.4) is 0 Å². The van der Waals surface area contributed by atoms with Gasteiger partial charge in [0.2, 0.25) is 5.91 Å². The summed E-state index contributed by atoms with van der Waals surface area (Å²) in [5.41, 5.74) is -0.667. The molecule has 0 atom stereocenters. The molecule has 0 radical (unpaired) electrons. The highest BCUT2D eigenvalue weighted by Crippen LogP contribution is 2.40. The van der Waals surface area contributed by atoms with Gasteiger partial charge in [0.15, 0.2) is 0 Å². The molecule has 2 aliphatic heterocycles. The zero-order valence-corrected chi connectivity index (χ0v) is 19.2. The number of ether oxygens (including phenoxy) is 3. The fourth-order valence-corrected chi connectivity index (χ4v) is 5.05. The predicted molar refractivity (Wildman–Crippen MR) is 121 cm³/mol. The standard InChI is InChI=1S/C26H30F3NO4/c1-32-22-7-5-19(6-8-22)24(9-13-33-14-10-24)18-30-23(31)25(11-15-34-16-12-25)20-3-2-4-21(17-20)26(27,28)29/h2-8,17H,9-16,18H2,1H3,(H,30,31). The van der Waals surface area contributed by atoms with E-state index in [9.17, 15) is 18.0 Å². The van der Waals surface area contributed by atoms with Crippen LogP contribution in [0.15, 0.2) is 48.5 Å². The van der Waals surface area contributed by atoms with Crippen molar-refractivity contribution in [1.29, 1.82) is 0 Å². The maximum atomic E-state index is 13.7. The van der Waals surface area contributed by atoms with Gasteiger partial charge in [-0.25, -0.2) is 0 Å². The zero-order chi connectivity index (χ0) is 24.2. The Hall–Kier alpha value is -2.58. The summed E-state index contributed by atoms with van der Waals surface area (Å²) in [6, 6.07) is 13.0. The van der Waals surface area contributed by atoms with Gasteiger partial charge in [0, 0.05) is 38.4 Å². The van der Waals surface area contributed by atoms with Crippen molar-refractivity contribution >= 4 is 5.91 Å². The summed E-state index contributed by atoms with van der Waals surface area (Å²) in [7, 11) is 1.61. The zero-order valence-electron chi connectivity index (χ0n) is 19.2. The molecule has 5 nitrogen and oxygen atoms in total. The van der Waals surface area contributed by atoms with Gasteiger partial charge in [-0.15, -0.1) is 0 Å². The van der Waals surface area contributed by atoms with Gasteiger partial charge < -0.3 is 19.5 Å². The average Bonchev–Trinajstić information content (AvgIpc) is 2.88. The van der Waals surface area contributed by atoms with Crippen LogP contribution in [0.2, 0.25) is 0 Å². The molecule has 34 heavy (non-hydrogen) atoms. The van der Waals surface area contributed by atoms with Gasteiger partial charge in [0.1, 0.15) is 5.75 Å². The van der Waals surface area contributed by atoms with Gasteiger partial charge in [0.05, 0.1) is 18.1 Å². The lowest BCUT2D eigenvalue weighted by Crippen LogP contribution is -2.52. The van der Waals surface area contributed by atoms with Crippen molar-refractivity contribution in [3.63, 3.8) is 0 Å². The van der Waals surface area contributed by atoms with Crippen LogP contribution in [0.1, 0.15) is 42.4 Å². The molecule has 2 fully saturated rings. The number of nitrogens with one attached hydrogen (secondary N) is 1. The molecule has 0 aromatic heterocycles. The summed E-state index contributed by atoms with van der Waals surface area (Å²) < 4.78 is 56.5. The molecule has 4 rings (SSSR count). The number of halogens is 3. The Labute approximate surface area is 197 Å². The molecule has 2 aliphatic rings. The molecule has 1 amide bonds. The van der Waals surface area contributed by atoms with Gasteiger partial charge in [-0.2, -0.15) is 13.2 Å². The van der Waals surface area contributed by atoms with E-state index < -0.39 is 17.2 Å². The van der Waals surface area contributed by atoms with Crippen LogP contribution in [0.5, 0.6) is 5.75 Å². The molecule has 2 aromatic rings. The Bertz CT molecular complexity index is 978. The molecule has 0 unspecified atom stereocenters. The predicted octanol–water partition coefficient (Wildman–Crippen LogP) is 4.63. The Morgan fingerprint density at radius 3 is 2.15 bits per heavy atom. The Kier molecular flexibility index (Phi) is 7.19. The second-order valence-electron chi connectivity index (χ2n) is 9.08. The summed E-state index contributed by atoms with van der Waals surface area (Å²) in [6.45, 7) is 2.17. The molecule has 2 saturated heterocycles. The van der Waals surface area contributed by atoms with Crippen molar-refractivity contribution in [1.82, 2.24) is 5.32 Å². The SMILES string of the molecule is COc1ccc(C2(CNC(=O)C3(c4cccc(C(F)(F)F)c4)CCOCC3)CCOCC2)cc1. The maximum Gasteiger partial charge on any atom is 0.416 e. The molecule has 0 spiro atoms. The first-order chi connectivity index (χ1) is 16.3. The minimum Gasteiger partial charge on any atom is -0.497 e. The topological polar surface area (TPSA) is 56.8 Å². The second-order valence-corrected chi connectivity index (χ2v) is 9.08. The summed E-state index contributed by atoms with van der Waals surface area (Å²) >= 11 is 0. The van der Waals surface area contributed by atoms with Crippen LogP contribution in [0, 0.1) is 0 Å². The molecular formula is C26H30F3NO4. The Balaban J connectivity index is 1.61. The molecule has 0 aliphatic carbocycles. The van der Waals surface area contributed by atoms with Gasteiger partial charge in [0.25, 0.3) is 0 Å². The molecule has 1 N–H and O–H groups in total. The number of rotatable bonds is 6. The Morgan fingerprint density at radius 2 is 1.56 bits per heavy atom. The third kappa shape index (κ3) is 4.93. The minimum atomic E-state index is -4.47. The smallest absolute Gasteiger partial charge is 0.416 e. The summed E-state index contributed by atoms with van der Waals surface area (Å²) in [5.74, 6) is 0.496. The summed E-state index contributed by atoms with van der Waals surface area (Å²) in [4.78, 5) is 13.7. The van der Waals surface area contributed by atoms with E-state index >= 15 is 0 Å². The van der Waals surface area contributed by atoms with Crippen molar-refractivity contribution in [3.8, 4) is 5.75 Å². The third-order valence-corrected chi connectivity index (χ3v) is 7.26. The number of hydrogen-bond acceptors (Lipinski definition) is 4. The van der Waals surface area contributed by atoms with E-state index in [2.05, 4.69) is 5.32 Å². The van der Waals surface area contributed by atoms with E-state index in [1.54, 1.807) is 13.2 Å². The van der Waals surface area contributed by atoms with Crippen molar-refractivity contribution in [2.75, 3.05) is 40.1 Å². The van der Waals surface area contributed by atoms with Crippen LogP contribution in [-0.4, -0.2) is 46.0 Å². The first-order valence-electron chi connectivity index (χ1n) is 11.6. The molecule has 184 valence electrons. The number of carbonyl (C=O) groups is 1. The van der Waals surface area contributed by atoms with Gasteiger partial charge in [-0.3, -0.25) is 4.79 Å². The van der Waals surface area contributed by atoms with Crippen molar-refractivity contribution in [2.24, 2.45) is 0 Å². The number of benzene rings is 2. The molecule has 0 saturated carbocycles. The van der Waals surface area contributed by atoms with Crippen molar-refractivity contribution in [2.45, 2.75) is 42.7 Å². The first kappa shape index (κ1) is 24.5. The molecular weight excluding hydrogens is 447 g/mol. The number of hydrogen-bond donors (Lipinski definition) is 1. The third-order valence-electron chi connectivity index (χ3n) is 7.26. The van der Waals surface area contributed by atoms with Crippen LogP contribution in [-0.2, 0) is 31.3 Å². The lowest BCUT2D eigenvalue weighted by Gasteiger charge is -2.41. The number of methoxy groups -OCH3 is 1. The highest BCUT2D eigenvalue weighted by Gasteiger charge is 2.44. The van der Waals surface area contributed by atoms with Gasteiger partial charge >= 0.3 is 6.18 Å². The normalized spacial score (nSPS) is 19.9. The van der Waals surface area contributed by atoms with E-state index in [4.69, 9.17) is 14.2 Å². The maximum absolute atomic E-state index is 13.7. The van der Waals surface area contributed by atoms with Crippen molar-refractivity contribution in [3.05, 3.63) is 65.2 Å². The monoisotopic (exact) mass is 477 g/mol. The van der Waals surface area contributed by atoms with Crippen LogP contribution in [0.4, 0.5) is 13.2 Å². The summed E-state index contributed by atoms with van der Waals surface area (Å²) in [5, 5.41) is 3.12. The first-order valence-corrected chi connectivity index (χ1v) is 11.6. The molecule has 2 heterocycles. The van der Waals surface area contributed by atoms with E-state index in [1.807, 2.05) is 24.3 Å². The number of alkyl halides is 3. The van der Waals surface area contributed by atoms with E-state index in [-0.39, 0.29) is 11.3 Å². The lowest BCUT2D eigenvalue weighted by atomic mass is 9.71. The molecule has 8 heteroatoms. The fraction of sp³-hybridized carbons (Fsp3) is 0.500. The van der Waals surface area contributed by atoms with E-state index in [1.165, 1.54) is 6.07 Å². The highest BCUT2D eigenvalue weighted by atomic mass is 19.4. The van der Waals surface area contributed by atoms with Gasteiger partial charge in [-0.05, 0) is 55.0 Å².